The van der Waals surface area contributed by atoms with Crippen LogP contribution in [0.2, 0.25) is 0 Å². The SMILES string of the molecule is CN(CC1Cc2ccccc2CN1C)C(=O)c1ccn(C(C)(C)C)c1. The van der Waals surface area contributed by atoms with Crippen LogP contribution in [0.4, 0.5) is 0 Å². The van der Waals surface area contributed by atoms with Gasteiger partial charge in [0.2, 0.25) is 0 Å². The van der Waals surface area contributed by atoms with Gasteiger partial charge in [-0.1, -0.05) is 24.3 Å². The number of carbonyl (C=O) groups is 1. The van der Waals surface area contributed by atoms with E-state index in [9.17, 15) is 4.79 Å². The van der Waals surface area contributed by atoms with Gasteiger partial charge in [0.05, 0.1) is 5.56 Å². The predicted molar refractivity (Wildman–Crippen MR) is 102 cm³/mol. The Bertz CT molecular complexity index is 756. The molecule has 3 rings (SSSR count). The summed E-state index contributed by atoms with van der Waals surface area (Å²) in [5.74, 6) is 0.0928. The molecular formula is C21H29N3O. The molecule has 0 radical (unpaired) electrons. The molecule has 134 valence electrons. The number of hydrogen-bond acceptors (Lipinski definition) is 2. The second kappa shape index (κ2) is 6.68. The highest BCUT2D eigenvalue weighted by molar-refractivity contribution is 5.93. The molecule has 1 unspecified atom stereocenters. The van der Waals surface area contributed by atoms with Crippen LogP contribution in [0, 0.1) is 0 Å². The summed E-state index contributed by atoms with van der Waals surface area (Å²) in [6.07, 6.45) is 4.94. The number of rotatable bonds is 3. The smallest absolute Gasteiger partial charge is 0.255 e. The van der Waals surface area contributed by atoms with E-state index in [1.54, 1.807) is 0 Å². The first kappa shape index (κ1) is 17.7. The highest BCUT2D eigenvalue weighted by Crippen LogP contribution is 2.23. The minimum Gasteiger partial charge on any atom is -0.348 e. The minimum absolute atomic E-state index is 0.00952. The van der Waals surface area contributed by atoms with Crippen LogP contribution in [-0.4, -0.2) is 47.0 Å². The van der Waals surface area contributed by atoms with Crippen molar-refractivity contribution in [3.63, 3.8) is 0 Å². The number of aromatic nitrogens is 1. The van der Waals surface area contributed by atoms with Gasteiger partial charge in [0, 0.05) is 44.1 Å². The number of likely N-dealkylation sites (N-methyl/N-ethyl adjacent to an activating group) is 2. The Labute approximate surface area is 151 Å². The van der Waals surface area contributed by atoms with Gasteiger partial charge in [-0.3, -0.25) is 9.69 Å². The Balaban J connectivity index is 1.69. The van der Waals surface area contributed by atoms with Crippen LogP contribution in [0.3, 0.4) is 0 Å². The van der Waals surface area contributed by atoms with Gasteiger partial charge in [-0.2, -0.15) is 0 Å². The molecule has 1 atom stereocenters. The average molecular weight is 339 g/mol. The van der Waals surface area contributed by atoms with Crippen LogP contribution in [-0.2, 0) is 18.5 Å². The van der Waals surface area contributed by atoms with Gasteiger partial charge < -0.3 is 9.47 Å². The normalized spacial score (nSPS) is 18.0. The van der Waals surface area contributed by atoms with Gasteiger partial charge in [-0.15, -0.1) is 0 Å². The lowest BCUT2D eigenvalue weighted by atomic mass is 9.94. The molecule has 25 heavy (non-hydrogen) atoms. The van der Waals surface area contributed by atoms with Crippen molar-refractivity contribution in [2.24, 2.45) is 0 Å². The fraction of sp³-hybridized carbons (Fsp3) is 0.476. The Morgan fingerprint density at radius 1 is 1.20 bits per heavy atom. The first-order chi connectivity index (χ1) is 11.8. The van der Waals surface area contributed by atoms with Gasteiger partial charge >= 0.3 is 0 Å². The maximum absolute atomic E-state index is 12.8. The molecule has 1 aromatic carbocycles. The summed E-state index contributed by atoms with van der Waals surface area (Å²) >= 11 is 0. The molecule has 0 spiro atoms. The van der Waals surface area contributed by atoms with E-state index in [4.69, 9.17) is 0 Å². The van der Waals surface area contributed by atoms with Crippen molar-refractivity contribution in [1.82, 2.24) is 14.4 Å². The average Bonchev–Trinajstić information content (AvgIpc) is 3.05. The molecule has 2 heterocycles. The summed E-state index contributed by atoms with van der Waals surface area (Å²) in [6, 6.07) is 10.9. The highest BCUT2D eigenvalue weighted by Gasteiger charge is 2.26. The van der Waals surface area contributed by atoms with Crippen molar-refractivity contribution in [2.75, 3.05) is 20.6 Å². The third kappa shape index (κ3) is 3.79. The molecule has 1 aliphatic heterocycles. The lowest BCUT2D eigenvalue weighted by Crippen LogP contribution is -2.46. The number of hydrogen-bond donors (Lipinski definition) is 0. The van der Waals surface area contributed by atoms with E-state index in [1.165, 1.54) is 11.1 Å². The zero-order chi connectivity index (χ0) is 18.2. The Hall–Kier alpha value is -2.07. The van der Waals surface area contributed by atoms with E-state index in [1.807, 2.05) is 30.4 Å². The third-order valence-corrected chi connectivity index (χ3v) is 5.16. The zero-order valence-corrected chi connectivity index (χ0v) is 16.0. The van der Waals surface area contributed by atoms with Crippen molar-refractivity contribution >= 4 is 5.91 Å². The lowest BCUT2D eigenvalue weighted by molar-refractivity contribution is 0.0733. The van der Waals surface area contributed by atoms with E-state index in [0.29, 0.717) is 6.04 Å². The third-order valence-electron chi connectivity index (χ3n) is 5.16. The van der Waals surface area contributed by atoms with E-state index in [-0.39, 0.29) is 11.4 Å². The first-order valence-corrected chi connectivity index (χ1v) is 8.96. The van der Waals surface area contributed by atoms with E-state index in [0.717, 1.165) is 25.1 Å². The van der Waals surface area contributed by atoms with E-state index in [2.05, 4.69) is 61.6 Å². The van der Waals surface area contributed by atoms with Crippen LogP contribution in [0.25, 0.3) is 0 Å². The topological polar surface area (TPSA) is 28.5 Å². The minimum atomic E-state index is -0.00952. The van der Waals surface area contributed by atoms with E-state index >= 15 is 0 Å². The van der Waals surface area contributed by atoms with E-state index < -0.39 is 0 Å². The first-order valence-electron chi connectivity index (χ1n) is 8.96. The van der Waals surface area contributed by atoms with Gasteiger partial charge in [0.25, 0.3) is 5.91 Å². The molecular weight excluding hydrogens is 310 g/mol. The molecule has 1 aliphatic rings. The molecule has 1 amide bonds. The Kier molecular flexibility index (Phi) is 4.74. The number of amides is 1. The standard InChI is InChI=1S/C21H29N3O/c1-21(2,3)24-11-10-18(14-24)20(25)23(5)15-19-12-16-8-6-7-9-17(16)13-22(19)4/h6-11,14,19H,12-13,15H2,1-5H3. The van der Waals surface area contributed by atoms with Crippen molar-refractivity contribution in [2.45, 2.75) is 45.3 Å². The fourth-order valence-electron chi connectivity index (χ4n) is 3.48. The van der Waals surface area contributed by atoms with Gasteiger partial charge in [-0.25, -0.2) is 0 Å². The summed E-state index contributed by atoms with van der Waals surface area (Å²) < 4.78 is 2.09. The quantitative estimate of drug-likeness (QED) is 0.858. The predicted octanol–water partition coefficient (Wildman–Crippen LogP) is 3.37. The molecule has 4 heteroatoms. The number of nitrogens with zero attached hydrogens (tertiary/aromatic N) is 3. The summed E-state index contributed by atoms with van der Waals surface area (Å²) in [5, 5.41) is 0. The van der Waals surface area contributed by atoms with Crippen LogP contribution in [0.5, 0.6) is 0 Å². The van der Waals surface area contributed by atoms with Gasteiger partial charge in [0.15, 0.2) is 0 Å². The maximum Gasteiger partial charge on any atom is 0.255 e. The Morgan fingerprint density at radius 3 is 2.52 bits per heavy atom. The van der Waals surface area contributed by atoms with Crippen LogP contribution < -0.4 is 0 Å². The number of fused-ring (bicyclic) bond motifs is 1. The molecule has 0 fully saturated rings. The largest absolute Gasteiger partial charge is 0.348 e. The summed E-state index contributed by atoms with van der Waals surface area (Å²) in [5.41, 5.74) is 3.56. The monoisotopic (exact) mass is 339 g/mol. The molecule has 0 saturated carbocycles. The number of benzene rings is 1. The fourth-order valence-corrected chi connectivity index (χ4v) is 3.48. The summed E-state index contributed by atoms with van der Waals surface area (Å²) in [7, 11) is 4.06. The van der Waals surface area contributed by atoms with Crippen LogP contribution >= 0.6 is 0 Å². The zero-order valence-electron chi connectivity index (χ0n) is 16.0. The molecule has 1 aromatic heterocycles. The Morgan fingerprint density at radius 2 is 1.88 bits per heavy atom. The lowest BCUT2D eigenvalue weighted by Gasteiger charge is -2.36. The second-order valence-corrected chi connectivity index (χ2v) is 8.21. The van der Waals surface area contributed by atoms with Crippen LogP contribution in [0.1, 0.15) is 42.3 Å². The molecule has 0 bridgehead atoms. The van der Waals surface area contributed by atoms with Crippen molar-refractivity contribution in [1.29, 1.82) is 0 Å². The second-order valence-electron chi connectivity index (χ2n) is 8.21. The molecule has 4 nitrogen and oxygen atoms in total. The van der Waals surface area contributed by atoms with Crippen molar-refractivity contribution in [3.05, 3.63) is 59.4 Å². The van der Waals surface area contributed by atoms with Crippen LogP contribution in [0.15, 0.2) is 42.7 Å². The molecule has 0 aliphatic carbocycles. The summed E-state index contributed by atoms with van der Waals surface area (Å²) in [4.78, 5) is 17.0. The molecule has 0 N–H and O–H groups in total. The summed E-state index contributed by atoms with van der Waals surface area (Å²) in [6.45, 7) is 8.10. The molecule has 2 aromatic rings. The van der Waals surface area contributed by atoms with Crippen molar-refractivity contribution in [3.8, 4) is 0 Å². The maximum atomic E-state index is 12.8. The van der Waals surface area contributed by atoms with Crippen molar-refractivity contribution < 1.29 is 4.79 Å². The highest BCUT2D eigenvalue weighted by atomic mass is 16.2. The van der Waals surface area contributed by atoms with Gasteiger partial charge in [-0.05, 0) is 51.4 Å². The van der Waals surface area contributed by atoms with Gasteiger partial charge in [0.1, 0.15) is 0 Å². The molecule has 0 saturated heterocycles. The number of carbonyl (C=O) groups excluding carboxylic acids is 1.